The molecule has 598 valence electrons. The van der Waals surface area contributed by atoms with Gasteiger partial charge in [-0.05, 0) is 185 Å². The molecule has 0 N–H and O–H groups in total. The van der Waals surface area contributed by atoms with Crippen molar-refractivity contribution in [2.24, 2.45) is 0 Å². The molecule has 11 heteroatoms. The van der Waals surface area contributed by atoms with E-state index in [0.717, 1.165) is 122 Å². The van der Waals surface area contributed by atoms with Crippen LogP contribution in [0.2, 0.25) is 0 Å². The van der Waals surface area contributed by atoms with E-state index in [1.54, 1.807) is 0 Å². The van der Waals surface area contributed by atoms with Gasteiger partial charge in [-0.1, -0.05) is 285 Å². The van der Waals surface area contributed by atoms with Crippen LogP contribution in [0.3, 0.4) is 0 Å². The third-order valence-electron chi connectivity index (χ3n) is 25.5. The lowest BCUT2D eigenvalue weighted by Gasteiger charge is -2.12. The molecule has 11 nitrogen and oxygen atoms in total. The second-order valence-electron chi connectivity index (χ2n) is 32.6. The minimum Gasteiger partial charge on any atom is -0.309 e. The molecule has 27 rings (SSSR count). The second kappa shape index (κ2) is 30.3. The van der Waals surface area contributed by atoms with Crippen LogP contribution in [0, 0.1) is 0 Å². The van der Waals surface area contributed by atoms with Crippen molar-refractivity contribution in [3.8, 4) is 79.0 Å². The smallest absolute Gasteiger partial charge is 0.235 e. The Bertz CT molecular complexity index is 9070. The van der Waals surface area contributed by atoms with E-state index in [4.69, 9.17) is 24.9 Å². The number of aromatic nitrogens is 11. The quantitative estimate of drug-likeness (QED) is 0.136. The van der Waals surface area contributed by atoms with Gasteiger partial charge in [0, 0.05) is 128 Å². The zero-order valence-corrected chi connectivity index (χ0v) is 69.2. The van der Waals surface area contributed by atoms with E-state index >= 15 is 0 Å². The number of benzene rings is 17. The molecule has 0 saturated heterocycles. The highest BCUT2D eigenvalue weighted by atomic mass is 15.2. The Kier molecular flexibility index (Phi) is 17.3. The summed E-state index contributed by atoms with van der Waals surface area (Å²) in [4.78, 5) is 25.4. The van der Waals surface area contributed by atoms with Gasteiger partial charge in [0.05, 0.1) is 71.9 Å². The van der Waals surface area contributed by atoms with Gasteiger partial charge in [-0.3, -0.25) is 18.7 Å². The Morgan fingerprint density at radius 2 is 0.562 bits per heavy atom. The molecule has 10 heterocycles. The van der Waals surface area contributed by atoms with E-state index in [-0.39, 0.29) is 0 Å². The Morgan fingerprint density at radius 3 is 1.06 bits per heavy atom. The molecule has 10 aromatic heterocycles. The van der Waals surface area contributed by atoms with E-state index in [1.807, 2.05) is 42.9 Å². The van der Waals surface area contributed by atoms with Gasteiger partial charge in [0.25, 0.3) is 0 Å². The van der Waals surface area contributed by atoms with Crippen LogP contribution in [0.4, 0.5) is 0 Å². The van der Waals surface area contributed by atoms with Crippen molar-refractivity contribution in [2.45, 2.75) is 0 Å². The van der Waals surface area contributed by atoms with Gasteiger partial charge < -0.3 is 13.7 Å². The number of nitrogens with zero attached hydrogens (tertiary/aromatic N) is 11. The Balaban J connectivity index is 0.000000105. The Labute approximate surface area is 734 Å². The number of rotatable bonds is 10. The first kappa shape index (κ1) is 73.3. The van der Waals surface area contributed by atoms with Gasteiger partial charge in [-0.25, -0.2) is 19.9 Å². The van der Waals surface area contributed by atoms with Crippen LogP contribution in [-0.4, -0.2) is 52.3 Å². The maximum absolute atomic E-state index is 5.22. The van der Waals surface area contributed by atoms with Crippen molar-refractivity contribution in [3.63, 3.8) is 0 Å². The summed E-state index contributed by atoms with van der Waals surface area (Å²) in [6, 6.07) is 155. The SMILES string of the molecule is c1ccc(-c2nc(-n3c4ccc(-c5cccc6c5c5ccccc5n6-c5ccccc5)cc4c4ncccc43)nc3ccccc23)cc1.c1ccc(-n2c3ccccc3c3c(-c4cnc5c(c4)c4ccccc4n5-c4ccccc4)cccc32)cc1.c1ccc(-n2c3ccccc3c3cc(-c4cccc5c4c4ccccc4n5-c4ccc5ccccc5c4)cnc32)cc1. The first-order valence-electron chi connectivity index (χ1n) is 43.4. The van der Waals surface area contributed by atoms with E-state index in [2.05, 4.69) is 440 Å². The molecule has 0 amide bonds. The highest BCUT2D eigenvalue weighted by molar-refractivity contribution is 6.21. The molecule has 0 atom stereocenters. The van der Waals surface area contributed by atoms with Gasteiger partial charge in [0.15, 0.2) is 0 Å². The van der Waals surface area contributed by atoms with Crippen LogP contribution in [0.1, 0.15) is 0 Å². The Hall–Kier alpha value is -17.4. The van der Waals surface area contributed by atoms with E-state index < -0.39 is 0 Å². The molecule has 0 bridgehead atoms. The minimum absolute atomic E-state index is 0.626. The fraction of sp³-hybridized carbons (Fsp3) is 0. The van der Waals surface area contributed by atoms with Crippen LogP contribution >= 0.6 is 0 Å². The zero-order chi connectivity index (χ0) is 84.3. The molecule has 27 aromatic rings. The third-order valence-corrected chi connectivity index (χ3v) is 25.5. The maximum atomic E-state index is 5.22. The number of hydrogen-bond donors (Lipinski definition) is 0. The molecule has 0 aliphatic rings. The molecule has 0 saturated carbocycles. The summed E-state index contributed by atoms with van der Waals surface area (Å²) >= 11 is 0. The lowest BCUT2D eigenvalue weighted by molar-refractivity contribution is 1.01. The molecular weight excluding hydrogens is 1560 g/mol. The molecule has 0 unspecified atom stereocenters. The zero-order valence-electron chi connectivity index (χ0n) is 69.2. The molecule has 0 aliphatic carbocycles. The summed E-state index contributed by atoms with van der Waals surface area (Å²) < 4.78 is 13.8. The first-order chi connectivity index (χ1) is 63.6. The lowest BCUT2D eigenvalue weighted by atomic mass is 9.98. The maximum Gasteiger partial charge on any atom is 0.235 e. The largest absolute Gasteiger partial charge is 0.309 e. The lowest BCUT2D eigenvalue weighted by Crippen LogP contribution is -2.03. The number of pyridine rings is 3. The summed E-state index contributed by atoms with van der Waals surface area (Å²) in [5.74, 6) is 0.626. The predicted molar refractivity (Wildman–Crippen MR) is 531 cm³/mol. The number of hydrogen-bond acceptors (Lipinski definition) is 5. The van der Waals surface area contributed by atoms with E-state index in [0.29, 0.717) is 5.95 Å². The van der Waals surface area contributed by atoms with Crippen molar-refractivity contribution in [1.29, 1.82) is 0 Å². The van der Waals surface area contributed by atoms with Crippen LogP contribution in [-0.2, 0) is 0 Å². The van der Waals surface area contributed by atoms with Crippen molar-refractivity contribution in [2.75, 3.05) is 0 Å². The average molecular weight is 1630 g/mol. The fourth-order valence-electron chi connectivity index (χ4n) is 19.9. The summed E-state index contributed by atoms with van der Waals surface area (Å²) in [7, 11) is 0. The van der Waals surface area contributed by atoms with Crippen LogP contribution in [0.5, 0.6) is 0 Å². The average Bonchev–Trinajstić information content (AvgIpc) is 1.59. The summed E-state index contributed by atoms with van der Waals surface area (Å²) in [5.41, 5.74) is 29.8. The molecule has 128 heavy (non-hydrogen) atoms. The molecule has 0 fully saturated rings. The fourth-order valence-corrected chi connectivity index (χ4v) is 19.9. The van der Waals surface area contributed by atoms with Crippen molar-refractivity contribution in [3.05, 3.63) is 455 Å². The molecule has 0 aliphatic heterocycles. The van der Waals surface area contributed by atoms with Crippen LogP contribution in [0.15, 0.2) is 455 Å². The summed E-state index contributed by atoms with van der Waals surface area (Å²) in [6.07, 6.45) is 5.94. The summed E-state index contributed by atoms with van der Waals surface area (Å²) in [6.45, 7) is 0. The predicted octanol–water partition coefficient (Wildman–Crippen LogP) is 29.6. The minimum atomic E-state index is 0.626. The highest BCUT2D eigenvalue weighted by Crippen LogP contribution is 2.46. The Morgan fingerprint density at radius 1 is 0.188 bits per heavy atom. The standard InChI is InChI=1S/C43H27N5.C39H25N3.C35H23N3/c1-3-13-28(14-4-1)41-32-17-7-9-20-35(32)45-43(46-41)48-37-25-24-29(27-34(37)42-39(48)23-12-26-44-42)31-19-11-22-38-40(31)33-18-8-10-21-36(33)47(38)30-15-5-2-6-16-30;1-2-13-29(14-3-1)42-35-18-8-6-15-32(35)34-24-28(25-40-39(34)42)31-17-10-20-37-38(31)33-16-7-9-19-36(33)41(37)30-22-21-26-11-4-5-12-27(26)23-30;1-3-12-25(13-4-1)37-32-20-10-8-17-29(32)34-27(18-11-21-33(34)37)24-22-30-28-16-7-9-19-31(28)38(35(30)36-23-24)26-14-5-2-6-15-26/h1-27H;1-25H;1-23H. The molecular formula is C117H75N11. The van der Waals surface area contributed by atoms with Crippen molar-refractivity contribution < 1.29 is 0 Å². The number of fused-ring (bicyclic) bond motifs is 20. The summed E-state index contributed by atoms with van der Waals surface area (Å²) in [5, 5.41) is 16.7. The number of para-hydroxylation sites is 10. The first-order valence-corrected chi connectivity index (χ1v) is 43.4. The van der Waals surface area contributed by atoms with Crippen LogP contribution in [0.25, 0.3) is 232 Å². The van der Waals surface area contributed by atoms with Crippen molar-refractivity contribution in [1.82, 2.24) is 52.3 Å². The second-order valence-corrected chi connectivity index (χ2v) is 32.6. The van der Waals surface area contributed by atoms with E-state index in [9.17, 15) is 0 Å². The normalized spacial score (nSPS) is 11.8. The van der Waals surface area contributed by atoms with Gasteiger partial charge in [-0.2, -0.15) is 0 Å². The van der Waals surface area contributed by atoms with Gasteiger partial charge in [-0.15, -0.1) is 0 Å². The van der Waals surface area contributed by atoms with Crippen LogP contribution < -0.4 is 0 Å². The monoisotopic (exact) mass is 1630 g/mol. The van der Waals surface area contributed by atoms with E-state index in [1.165, 1.54) is 104 Å². The van der Waals surface area contributed by atoms with Gasteiger partial charge >= 0.3 is 0 Å². The molecule has 17 aromatic carbocycles. The topological polar surface area (TPSA) is 94.0 Å². The van der Waals surface area contributed by atoms with Gasteiger partial charge in [0.2, 0.25) is 5.95 Å². The van der Waals surface area contributed by atoms with Gasteiger partial charge in [0.1, 0.15) is 11.3 Å². The molecule has 0 radical (unpaired) electrons. The highest BCUT2D eigenvalue weighted by Gasteiger charge is 2.26. The third kappa shape index (κ3) is 11.9. The van der Waals surface area contributed by atoms with Crippen molar-refractivity contribution >= 4 is 153 Å². The molecule has 0 spiro atoms.